The molecule has 1 unspecified atom stereocenters. The van der Waals surface area contributed by atoms with Crippen LogP contribution < -0.4 is 16.0 Å². The number of imide groups is 1. The van der Waals surface area contributed by atoms with Crippen LogP contribution in [0.1, 0.15) is 37.8 Å². The number of halogens is 1. The fraction of sp³-hybridized carbons (Fsp3) is 0.571. The molecule has 1 aromatic carbocycles. The number of rotatable bonds is 5. The van der Waals surface area contributed by atoms with Gasteiger partial charge in [0.1, 0.15) is 5.54 Å². The number of carbonyl (C=O) groups excluding carboxylic acids is 2. The second kappa shape index (κ2) is 10.3. The number of amides is 3. The standard InChI is InChI=1S/C21H31N5O2.HI/c1-4-22-19(23-12-9-16-7-5-15(2)6-8-16)26-13-10-17(11-14-26)21(3)18(27)24-20(28)25-21;/h5-8,17H,4,9-14H2,1-3H3,(H,22,23)(H2,24,25,27,28);1H. The average Bonchev–Trinajstić information content (AvgIpc) is 2.95. The zero-order valence-corrected chi connectivity index (χ0v) is 19.8. The highest BCUT2D eigenvalue weighted by molar-refractivity contribution is 14.0. The SMILES string of the molecule is CCNC(=NCCc1ccc(C)cc1)N1CCC(C2(C)NC(=O)NC2=O)CC1.I. The summed E-state index contributed by atoms with van der Waals surface area (Å²) in [6.45, 7) is 9.19. The van der Waals surface area contributed by atoms with Gasteiger partial charge in [-0.05, 0) is 51.5 Å². The highest BCUT2D eigenvalue weighted by Gasteiger charge is 2.48. The molecule has 3 rings (SSSR count). The van der Waals surface area contributed by atoms with Gasteiger partial charge in [0.25, 0.3) is 5.91 Å². The molecule has 7 nitrogen and oxygen atoms in total. The van der Waals surface area contributed by atoms with Crippen LogP contribution in [-0.2, 0) is 11.2 Å². The molecule has 0 saturated carbocycles. The quantitative estimate of drug-likeness (QED) is 0.245. The minimum absolute atomic E-state index is 0. The Morgan fingerprint density at radius 3 is 2.45 bits per heavy atom. The summed E-state index contributed by atoms with van der Waals surface area (Å²) in [7, 11) is 0. The Morgan fingerprint density at radius 1 is 1.24 bits per heavy atom. The van der Waals surface area contributed by atoms with Crippen LogP contribution in [0.15, 0.2) is 29.3 Å². The number of carbonyl (C=O) groups is 2. The molecule has 3 N–H and O–H groups in total. The van der Waals surface area contributed by atoms with Gasteiger partial charge >= 0.3 is 6.03 Å². The first-order chi connectivity index (χ1) is 13.4. The number of hydrogen-bond acceptors (Lipinski definition) is 3. The summed E-state index contributed by atoms with van der Waals surface area (Å²) in [5.74, 6) is 0.846. The van der Waals surface area contributed by atoms with Crippen molar-refractivity contribution in [1.82, 2.24) is 20.9 Å². The van der Waals surface area contributed by atoms with Gasteiger partial charge in [0.05, 0.1) is 0 Å². The second-order valence-corrected chi connectivity index (χ2v) is 7.84. The molecule has 1 atom stereocenters. The summed E-state index contributed by atoms with van der Waals surface area (Å²) in [5, 5.41) is 8.56. The number of urea groups is 1. The molecule has 1 aromatic rings. The number of aryl methyl sites for hydroxylation is 1. The van der Waals surface area contributed by atoms with Crippen molar-refractivity contribution in [1.29, 1.82) is 0 Å². The summed E-state index contributed by atoms with van der Waals surface area (Å²) in [6, 6.07) is 8.19. The molecule has 3 amide bonds. The Balaban J connectivity index is 0.00000300. The molecule has 160 valence electrons. The molecule has 2 fully saturated rings. The van der Waals surface area contributed by atoms with Crippen molar-refractivity contribution in [3.8, 4) is 0 Å². The summed E-state index contributed by atoms with van der Waals surface area (Å²) < 4.78 is 0. The molecule has 2 saturated heterocycles. The van der Waals surface area contributed by atoms with Gasteiger partial charge in [-0.1, -0.05) is 29.8 Å². The lowest BCUT2D eigenvalue weighted by molar-refractivity contribution is -0.125. The van der Waals surface area contributed by atoms with Gasteiger partial charge in [-0.25, -0.2) is 4.79 Å². The Labute approximate surface area is 190 Å². The van der Waals surface area contributed by atoms with E-state index in [-0.39, 0.29) is 41.8 Å². The van der Waals surface area contributed by atoms with Gasteiger partial charge in [-0.15, -0.1) is 24.0 Å². The first kappa shape index (κ1) is 23.4. The number of benzene rings is 1. The fourth-order valence-electron chi connectivity index (χ4n) is 3.98. The van der Waals surface area contributed by atoms with Crippen molar-refractivity contribution in [3.63, 3.8) is 0 Å². The maximum absolute atomic E-state index is 12.2. The smallest absolute Gasteiger partial charge is 0.322 e. The van der Waals surface area contributed by atoms with Crippen LogP contribution in [0, 0.1) is 12.8 Å². The normalized spacial score (nSPS) is 22.7. The molecule has 0 bridgehead atoms. The Kier molecular flexibility index (Phi) is 8.30. The Hall–Kier alpha value is -1.84. The number of nitrogens with one attached hydrogen (secondary N) is 3. The van der Waals surface area contributed by atoms with Gasteiger partial charge in [0.2, 0.25) is 0 Å². The number of nitrogens with zero attached hydrogens (tertiary/aromatic N) is 2. The highest BCUT2D eigenvalue weighted by atomic mass is 127. The summed E-state index contributed by atoms with van der Waals surface area (Å²) >= 11 is 0. The zero-order valence-electron chi connectivity index (χ0n) is 17.5. The largest absolute Gasteiger partial charge is 0.357 e. The predicted molar refractivity (Wildman–Crippen MR) is 126 cm³/mol. The minimum atomic E-state index is -0.801. The van der Waals surface area contributed by atoms with Crippen molar-refractivity contribution in [2.75, 3.05) is 26.2 Å². The molecular weight excluding hydrogens is 481 g/mol. The van der Waals surface area contributed by atoms with Gasteiger partial charge in [-0.3, -0.25) is 15.1 Å². The van der Waals surface area contributed by atoms with E-state index in [1.807, 2.05) is 6.92 Å². The summed E-state index contributed by atoms with van der Waals surface area (Å²) in [4.78, 5) is 30.8. The Bertz CT molecular complexity index is 744. The van der Waals surface area contributed by atoms with Crippen LogP contribution in [0.25, 0.3) is 0 Å². The van der Waals surface area contributed by atoms with E-state index < -0.39 is 5.54 Å². The first-order valence-electron chi connectivity index (χ1n) is 10.1. The third-order valence-electron chi connectivity index (χ3n) is 5.80. The minimum Gasteiger partial charge on any atom is -0.357 e. The monoisotopic (exact) mass is 513 g/mol. The van der Waals surface area contributed by atoms with Gasteiger partial charge in [0.15, 0.2) is 5.96 Å². The molecule has 2 aliphatic rings. The van der Waals surface area contributed by atoms with Crippen LogP contribution >= 0.6 is 24.0 Å². The van der Waals surface area contributed by atoms with E-state index >= 15 is 0 Å². The molecule has 0 aromatic heterocycles. The van der Waals surface area contributed by atoms with Crippen LogP contribution in [0.5, 0.6) is 0 Å². The van der Waals surface area contributed by atoms with Crippen LogP contribution in [0.3, 0.4) is 0 Å². The first-order valence-corrected chi connectivity index (χ1v) is 10.1. The fourth-order valence-corrected chi connectivity index (χ4v) is 3.98. The van der Waals surface area contributed by atoms with Crippen molar-refractivity contribution in [2.24, 2.45) is 10.9 Å². The topological polar surface area (TPSA) is 85.8 Å². The molecular formula is C21H32IN5O2. The maximum atomic E-state index is 12.2. The number of hydrogen-bond donors (Lipinski definition) is 3. The van der Waals surface area contributed by atoms with E-state index in [0.29, 0.717) is 0 Å². The maximum Gasteiger partial charge on any atom is 0.322 e. The summed E-state index contributed by atoms with van der Waals surface area (Å²) in [5.41, 5.74) is 1.76. The number of guanidine groups is 1. The summed E-state index contributed by atoms with van der Waals surface area (Å²) in [6.07, 6.45) is 2.59. The van der Waals surface area contributed by atoms with Crippen molar-refractivity contribution in [2.45, 2.75) is 45.6 Å². The van der Waals surface area contributed by atoms with Crippen LogP contribution in [-0.4, -0.2) is 54.5 Å². The van der Waals surface area contributed by atoms with Gasteiger partial charge in [-0.2, -0.15) is 0 Å². The molecule has 2 heterocycles. The second-order valence-electron chi connectivity index (χ2n) is 7.84. The molecule has 0 spiro atoms. The zero-order chi connectivity index (χ0) is 20.1. The third kappa shape index (κ3) is 5.61. The van der Waals surface area contributed by atoms with Gasteiger partial charge < -0.3 is 15.5 Å². The molecule has 2 aliphatic heterocycles. The molecule has 8 heteroatoms. The highest BCUT2D eigenvalue weighted by Crippen LogP contribution is 2.30. The predicted octanol–water partition coefficient (Wildman–Crippen LogP) is 2.43. The third-order valence-corrected chi connectivity index (χ3v) is 5.80. The van der Waals surface area contributed by atoms with Crippen molar-refractivity contribution in [3.05, 3.63) is 35.4 Å². The van der Waals surface area contributed by atoms with E-state index in [0.717, 1.165) is 51.4 Å². The molecule has 29 heavy (non-hydrogen) atoms. The Morgan fingerprint density at radius 2 is 1.90 bits per heavy atom. The average molecular weight is 513 g/mol. The number of aliphatic imine (C=N–C) groups is 1. The van der Waals surface area contributed by atoms with Crippen molar-refractivity contribution < 1.29 is 9.59 Å². The van der Waals surface area contributed by atoms with E-state index in [9.17, 15) is 9.59 Å². The lowest BCUT2D eigenvalue weighted by atomic mass is 9.79. The molecule has 0 aliphatic carbocycles. The van der Waals surface area contributed by atoms with Crippen molar-refractivity contribution >= 4 is 41.9 Å². The van der Waals surface area contributed by atoms with Crippen LogP contribution in [0.4, 0.5) is 4.79 Å². The van der Waals surface area contributed by atoms with Gasteiger partial charge in [0, 0.05) is 26.2 Å². The van der Waals surface area contributed by atoms with E-state index in [2.05, 4.69) is 59.0 Å². The van der Waals surface area contributed by atoms with Crippen LogP contribution in [0.2, 0.25) is 0 Å². The number of likely N-dealkylation sites (tertiary alicyclic amines) is 1. The lowest BCUT2D eigenvalue weighted by Crippen LogP contribution is -2.55. The van der Waals surface area contributed by atoms with E-state index in [1.54, 1.807) is 0 Å². The van der Waals surface area contributed by atoms with E-state index in [4.69, 9.17) is 4.99 Å². The van der Waals surface area contributed by atoms with E-state index in [1.165, 1.54) is 11.1 Å². The number of piperidine rings is 1. The lowest BCUT2D eigenvalue weighted by Gasteiger charge is -2.39. The molecule has 0 radical (unpaired) electrons.